The summed E-state index contributed by atoms with van der Waals surface area (Å²) in [6.45, 7) is 0. The van der Waals surface area contributed by atoms with Crippen molar-refractivity contribution in [2.45, 2.75) is 17.4 Å². The molecule has 0 bridgehead atoms. The molecule has 2 rings (SSSR count). The van der Waals surface area contributed by atoms with E-state index < -0.39 is 22.0 Å². The summed E-state index contributed by atoms with van der Waals surface area (Å²) in [6.07, 6.45) is 3.36. The lowest BCUT2D eigenvalue weighted by Crippen LogP contribution is -2.11. The van der Waals surface area contributed by atoms with Crippen molar-refractivity contribution in [3.8, 4) is 0 Å². The molecule has 1 aromatic heterocycles. The van der Waals surface area contributed by atoms with Gasteiger partial charge in [0.05, 0.1) is 10.9 Å². The minimum atomic E-state index is -3.35. The number of aromatic nitrogens is 2. The molecule has 0 aliphatic carbocycles. The van der Waals surface area contributed by atoms with Crippen LogP contribution < -0.4 is 0 Å². The number of hydrogen-bond acceptors (Lipinski definition) is 3. The molecule has 0 saturated heterocycles. The van der Waals surface area contributed by atoms with E-state index in [1.54, 1.807) is 30.6 Å². The van der Waals surface area contributed by atoms with Crippen LogP contribution in [0, 0.1) is 0 Å². The van der Waals surface area contributed by atoms with Gasteiger partial charge in [0.25, 0.3) is 6.08 Å². The first-order chi connectivity index (χ1) is 9.88. The summed E-state index contributed by atoms with van der Waals surface area (Å²) >= 11 is 0. The van der Waals surface area contributed by atoms with Gasteiger partial charge in [-0.25, -0.2) is 8.42 Å². The van der Waals surface area contributed by atoms with Crippen LogP contribution in [0.1, 0.15) is 18.0 Å². The zero-order valence-electron chi connectivity index (χ0n) is 11.3. The Morgan fingerprint density at radius 1 is 1.38 bits per heavy atom. The van der Waals surface area contributed by atoms with Crippen molar-refractivity contribution >= 4 is 9.84 Å². The van der Waals surface area contributed by atoms with Gasteiger partial charge >= 0.3 is 0 Å². The van der Waals surface area contributed by atoms with Gasteiger partial charge in [0.15, 0.2) is 9.84 Å². The fraction of sp³-hybridized carbons (Fsp3) is 0.214. The third-order valence-corrected chi connectivity index (χ3v) is 4.12. The van der Waals surface area contributed by atoms with Gasteiger partial charge in [-0.2, -0.15) is 13.9 Å². The summed E-state index contributed by atoms with van der Waals surface area (Å²) in [5, 5.41) is 4.06. The van der Waals surface area contributed by atoms with E-state index in [9.17, 15) is 17.2 Å². The Labute approximate surface area is 121 Å². The van der Waals surface area contributed by atoms with E-state index >= 15 is 0 Å². The second kappa shape index (κ2) is 6.17. The Balaban J connectivity index is 2.44. The van der Waals surface area contributed by atoms with E-state index in [0.717, 1.165) is 12.3 Å². The molecule has 0 fully saturated rings. The Bertz CT molecular complexity index is 736. The van der Waals surface area contributed by atoms with Crippen molar-refractivity contribution in [3.05, 3.63) is 60.4 Å². The fourth-order valence-corrected chi connectivity index (χ4v) is 2.69. The SMILES string of the molecule is CS(=O)(=O)c1cccc(C(CC=C(F)F)n2cccn2)c1. The molecule has 21 heavy (non-hydrogen) atoms. The number of hydrogen-bond donors (Lipinski definition) is 0. The Morgan fingerprint density at radius 2 is 2.14 bits per heavy atom. The van der Waals surface area contributed by atoms with Gasteiger partial charge in [-0.3, -0.25) is 4.68 Å². The zero-order valence-corrected chi connectivity index (χ0v) is 12.1. The molecule has 7 heteroatoms. The second-order valence-electron chi connectivity index (χ2n) is 4.58. The van der Waals surface area contributed by atoms with Gasteiger partial charge in [0, 0.05) is 18.6 Å². The van der Waals surface area contributed by atoms with Crippen LogP contribution >= 0.6 is 0 Å². The summed E-state index contributed by atoms with van der Waals surface area (Å²) in [7, 11) is -3.35. The number of allylic oxidation sites excluding steroid dienone is 1. The minimum Gasteiger partial charge on any atom is -0.265 e. The zero-order chi connectivity index (χ0) is 15.5. The monoisotopic (exact) mass is 312 g/mol. The predicted octanol–water partition coefficient (Wildman–Crippen LogP) is 3.05. The number of benzene rings is 1. The summed E-state index contributed by atoms with van der Waals surface area (Å²) < 4.78 is 49.5. The van der Waals surface area contributed by atoms with E-state index in [1.165, 1.54) is 16.8 Å². The maximum Gasteiger partial charge on any atom is 0.266 e. The first kappa shape index (κ1) is 15.4. The van der Waals surface area contributed by atoms with Crippen LogP contribution in [0.2, 0.25) is 0 Å². The minimum absolute atomic E-state index is 0.0250. The van der Waals surface area contributed by atoms with E-state index in [1.807, 2.05) is 0 Å². The molecule has 1 unspecified atom stereocenters. The lowest BCUT2D eigenvalue weighted by atomic mass is 10.0. The molecule has 1 aromatic carbocycles. The number of rotatable bonds is 5. The summed E-state index contributed by atoms with van der Waals surface area (Å²) in [5.41, 5.74) is 0.610. The lowest BCUT2D eigenvalue weighted by molar-refractivity contribution is 0.411. The lowest BCUT2D eigenvalue weighted by Gasteiger charge is -2.17. The van der Waals surface area contributed by atoms with Crippen molar-refractivity contribution in [2.24, 2.45) is 0 Å². The molecule has 0 spiro atoms. The van der Waals surface area contributed by atoms with Crippen molar-refractivity contribution in [2.75, 3.05) is 6.26 Å². The predicted molar refractivity (Wildman–Crippen MR) is 74.8 cm³/mol. The van der Waals surface area contributed by atoms with E-state index in [2.05, 4.69) is 5.10 Å². The molecular weight excluding hydrogens is 298 g/mol. The van der Waals surface area contributed by atoms with Gasteiger partial charge in [-0.15, -0.1) is 0 Å². The maximum absolute atomic E-state index is 12.4. The number of halogens is 2. The van der Waals surface area contributed by atoms with Crippen LogP contribution in [-0.4, -0.2) is 24.5 Å². The quantitative estimate of drug-likeness (QED) is 0.852. The first-order valence-corrected chi connectivity index (χ1v) is 8.07. The van der Waals surface area contributed by atoms with Crippen LogP contribution in [-0.2, 0) is 9.84 Å². The maximum atomic E-state index is 12.4. The molecule has 1 heterocycles. The highest BCUT2D eigenvalue weighted by Gasteiger charge is 2.16. The van der Waals surface area contributed by atoms with Crippen LogP contribution in [0.5, 0.6) is 0 Å². The van der Waals surface area contributed by atoms with E-state index in [0.29, 0.717) is 5.56 Å². The summed E-state index contributed by atoms with van der Waals surface area (Å²) in [5.74, 6) is 0. The van der Waals surface area contributed by atoms with Crippen molar-refractivity contribution in [3.63, 3.8) is 0 Å². The van der Waals surface area contributed by atoms with Gasteiger partial charge in [0.2, 0.25) is 0 Å². The van der Waals surface area contributed by atoms with Gasteiger partial charge in [-0.1, -0.05) is 12.1 Å². The standard InChI is InChI=1S/C14H14F2N2O2S/c1-21(19,20)12-5-2-4-11(10-12)13(6-7-14(15)16)18-9-3-8-17-18/h2-5,7-10,13H,6H2,1H3. The number of sulfone groups is 1. The fourth-order valence-electron chi connectivity index (χ4n) is 2.01. The molecule has 0 N–H and O–H groups in total. The smallest absolute Gasteiger partial charge is 0.265 e. The topological polar surface area (TPSA) is 52.0 Å². The molecule has 2 aromatic rings. The van der Waals surface area contributed by atoms with Crippen LogP contribution in [0.4, 0.5) is 8.78 Å². The Kier molecular flexibility index (Phi) is 4.52. The van der Waals surface area contributed by atoms with Gasteiger partial charge in [0.1, 0.15) is 0 Å². The summed E-state index contributed by atoms with van der Waals surface area (Å²) in [4.78, 5) is 0.154. The van der Waals surface area contributed by atoms with Crippen LogP contribution in [0.25, 0.3) is 0 Å². The molecule has 0 aliphatic heterocycles. The highest BCUT2D eigenvalue weighted by molar-refractivity contribution is 7.90. The highest BCUT2D eigenvalue weighted by atomic mass is 32.2. The van der Waals surface area contributed by atoms with Crippen LogP contribution in [0.3, 0.4) is 0 Å². The highest BCUT2D eigenvalue weighted by Crippen LogP contribution is 2.25. The molecule has 112 valence electrons. The first-order valence-electron chi connectivity index (χ1n) is 6.18. The number of nitrogens with zero attached hydrogens (tertiary/aromatic N) is 2. The molecule has 1 atom stereocenters. The average molecular weight is 312 g/mol. The largest absolute Gasteiger partial charge is 0.266 e. The molecule has 0 saturated carbocycles. The van der Waals surface area contributed by atoms with Crippen LogP contribution in [0.15, 0.2) is 59.8 Å². The van der Waals surface area contributed by atoms with E-state index in [4.69, 9.17) is 0 Å². The second-order valence-corrected chi connectivity index (χ2v) is 6.59. The van der Waals surface area contributed by atoms with Gasteiger partial charge < -0.3 is 0 Å². The normalized spacial score (nSPS) is 12.9. The molecular formula is C14H14F2N2O2S. The molecule has 4 nitrogen and oxygen atoms in total. The molecule has 0 aliphatic rings. The third kappa shape index (κ3) is 3.98. The Hall–Kier alpha value is -2.02. The van der Waals surface area contributed by atoms with Crippen molar-refractivity contribution in [1.29, 1.82) is 0 Å². The molecule has 0 amide bonds. The van der Waals surface area contributed by atoms with Crippen molar-refractivity contribution < 1.29 is 17.2 Å². The Morgan fingerprint density at radius 3 is 2.71 bits per heavy atom. The third-order valence-electron chi connectivity index (χ3n) is 3.01. The summed E-state index contributed by atoms with van der Waals surface area (Å²) in [6, 6.07) is 7.46. The van der Waals surface area contributed by atoms with Gasteiger partial charge in [-0.05, 0) is 36.3 Å². The van der Waals surface area contributed by atoms with Crippen molar-refractivity contribution in [1.82, 2.24) is 9.78 Å². The van der Waals surface area contributed by atoms with E-state index in [-0.39, 0.29) is 11.3 Å². The average Bonchev–Trinajstić information content (AvgIpc) is 2.92. The molecule has 0 radical (unpaired) electrons.